The third-order valence-corrected chi connectivity index (χ3v) is 7.18. The number of primary amides is 1. The zero-order chi connectivity index (χ0) is 23.7. The van der Waals surface area contributed by atoms with Crippen LogP contribution in [0.25, 0.3) is 32.7 Å². The maximum Gasteiger partial charge on any atom is 0.251 e. The lowest BCUT2D eigenvalue weighted by molar-refractivity contribution is 0.1000. The summed E-state index contributed by atoms with van der Waals surface area (Å²) in [6.07, 6.45) is 2.77. The molecule has 1 saturated heterocycles. The van der Waals surface area contributed by atoms with Crippen LogP contribution in [-0.2, 0) is 6.42 Å². The van der Waals surface area contributed by atoms with Gasteiger partial charge in [-0.25, -0.2) is 0 Å². The number of carbonyl (C=O) groups excluding carboxylic acids is 1. The standard InChI is InChI=1S/C29H30ClN3O.ClH/c1-2-3-10-22-26(21-11-6-7-12-25(21)30)23-17-19-8-4-5-9-20(19)18-24(23)28(27(22)29(31)34)33-15-13-32-14-16-33;/h4-9,11-12,17-18,32H,2-3,10,13-16H2,1H3,(H2,31,34);1H. The minimum Gasteiger partial charge on any atom is -0.368 e. The minimum absolute atomic E-state index is 0. The number of fused-ring (bicyclic) bond motifs is 2. The molecule has 3 N–H and O–H groups in total. The fraction of sp³-hybridized carbons (Fsp3) is 0.276. The summed E-state index contributed by atoms with van der Waals surface area (Å²) < 4.78 is 0. The van der Waals surface area contributed by atoms with E-state index in [2.05, 4.69) is 59.6 Å². The van der Waals surface area contributed by atoms with Crippen molar-refractivity contribution in [2.45, 2.75) is 26.2 Å². The van der Waals surface area contributed by atoms with E-state index in [0.717, 1.165) is 84.0 Å². The topological polar surface area (TPSA) is 58.4 Å². The lowest BCUT2D eigenvalue weighted by Crippen LogP contribution is -2.44. The number of nitrogens with two attached hydrogens (primary N) is 1. The lowest BCUT2D eigenvalue weighted by atomic mass is 9.84. The molecule has 0 bridgehead atoms. The zero-order valence-corrected chi connectivity index (χ0v) is 21.5. The molecule has 4 aromatic carbocycles. The van der Waals surface area contributed by atoms with Crippen molar-refractivity contribution in [1.82, 2.24) is 5.32 Å². The largest absolute Gasteiger partial charge is 0.368 e. The zero-order valence-electron chi connectivity index (χ0n) is 19.9. The Kier molecular flexibility index (Phi) is 7.85. The van der Waals surface area contributed by atoms with Crippen LogP contribution in [0, 0.1) is 0 Å². The van der Waals surface area contributed by atoms with E-state index >= 15 is 0 Å². The first-order chi connectivity index (χ1) is 16.6. The van der Waals surface area contributed by atoms with Crippen molar-refractivity contribution in [2.75, 3.05) is 31.1 Å². The molecule has 0 spiro atoms. The van der Waals surface area contributed by atoms with Crippen LogP contribution in [0.5, 0.6) is 0 Å². The summed E-state index contributed by atoms with van der Waals surface area (Å²) in [7, 11) is 0. The highest BCUT2D eigenvalue weighted by atomic mass is 35.5. The number of halogens is 2. The van der Waals surface area contributed by atoms with E-state index in [4.69, 9.17) is 17.3 Å². The maximum absolute atomic E-state index is 13.2. The highest BCUT2D eigenvalue weighted by molar-refractivity contribution is 6.34. The molecule has 6 heteroatoms. The number of hydrogen-bond donors (Lipinski definition) is 2. The molecule has 0 unspecified atom stereocenters. The number of carbonyl (C=O) groups is 1. The first-order valence-corrected chi connectivity index (χ1v) is 12.5. The van der Waals surface area contributed by atoms with Crippen LogP contribution in [0.2, 0.25) is 5.02 Å². The normalized spacial score (nSPS) is 13.7. The second-order valence-electron chi connectivity index (χ2n) is 9.01. The van der Waals surface area contributed by atoms with E-state index in [9.17, 15) is 4.79 Å². The number of nitrogens with one attached hydrogen (secondary N) is 1. The highest BCUT2D eigenvalue weighted by Crippen LogP contribution is 2.45. The molecular formula is C29H31Cl2N3O. The number of amides is 1. The van der Waals surface area contributed by atoms with Crippen molar-refractivity contribution in [2.24, 2.45) is 5.73 Å². The molecule has 35 heavy (non-hydrogen) atoms. The summed E-state index contributed by atoms with van der Waals surface area (Å²) in [5.41, 5.74) is 10.8. The molecule has 4 nitrogen and oxygen atoms in total. The van der Waals surface area contributed by atoms with Crippen LogP contribution in [0.3, 0.4) is 0 Å². The fourth-order valence-electron chi connectivity index (χ4n) is 5.27. The summed E-state index contributed by atoms with van der Waals surface area (Å²) in [5.74, 6) is -0.372. The maximum atomic E-state index is 13.2. The van der Waals surface area contributed by atoms with E-state index in [1.54, 1.807) is 0 Å². The van der Waals surface area contributed by atoms with Gasteiger partial charge in [-0.05, 0) is 58.3 Å². The van der Waals surface area contributed by atoms with Crippen LogP contribution in [0.15, 0.2) is 60.7 Å². The van der Waals surface area contributed by atoms with E-state index in [0.29, 0.717) is 10.6 Å². The molecule has 1 amide bonds. The summed E-state index contributed by atoms with van der Waals surface area (Å²) in [5, 5.41) is 8.61. The number of piperazine rings is 1. The third-order valence-electron chi connectivity index (χ3n) is 6.85. The average molecular weight is 508 g/mol. The number of benzene rings is 4. The van der Waals surface area contributed by atoms with Gasteiger partial charge in [0.05, 0.1) is 11.3 Å². The van der Waals surface area contributed by atoms with Gasteiger partial charge < -0.3 is 16.0 Å². The molecule has 0 radical (unpaired) electrons. The number of unbranched alkanes of at least 4 members (excludes halogenated alkanes) is 1. The molecule has 182 valence electrons. The molecule has 1 aliphatic rings. The second kappa shape index (κ2) is 10.9. The van der Waals surface area contributed by atoms with Gasteiger partial charge in [0.1, 0.15) is 0 Å². The van der Waals surface area contributed by atoms with E-state index in [1.165, 1.54) is 5.39 Å². The Labute approximate surface area is 217 Å². The Balaban J connectivity index is 0.00000289. The van der Waals surface area contributed by atoms with Crippen molar-refractivity contribution < 1.29 is 4.79 Å². The van der Waals surface area contributed by atoms with E-state index in [-0.39, 0.29) is 18.3 Å². The van der Waals surface area contributed by atoms with Crippen LogP contribution in [0.4, 0.5) is 5.69 Å². The monoisotopic (exact) mass is 507 g/mol. The molecule has 4 aromatic rings. The summed E-state index contributed by atoms with van der Waals surface area (Å²) >= 11 is 6.77. The van der Waals surface area contributed by atoms with Gasteiger partial charge in [0.2, 0.25) is 0 Å². The quantitative estimate of drug-likeness (QED) is 0.289. The average Bonchev–Trinajstić information content (AvgIpc) is 2.86. The lowest BCUT2D eigenvalue weighted by Gasteiger charge is -2.34. The molecule has 5 rings (SSSR count). The number of hydrogen-bond acceptors (Lipinski definition) is 3. The Morgan fingerprint density at radius 3 is 2.26 bits per heavy atom. The molecule has 1 fully saturated rings. The predicted molar refractivity (Wildman–Crippen MR) is 151 cm³/mol. The van der Waals surface area contributed by atoms with E-state index < -0.39 is 0 Å². The summed E-state index contributed by atoms with van der Waals surface area (Å²) in [6.45, 7) is 5.60. The van der Waals surface area contributed by atoms with Crippen molar-refractivity contribution in [3.05, 3.63) is 76.8 Å². The summed E-state index contributed by atoms with van der Waals surface area (Å²) in [6, 6.07) is 20.8. The van der Waals surface area contributed by atoms with Gasteiger partial charge >= 0.3 is 0 Å². The molecule has 0 saturated carbocycles. The minimum atomic E-state index is -0.372. The van der Waals surface area contributed by atoms with Gasteiger partial charge in [-0.15, -0.1) is 12.4 Å². The van der Waals surface area contributed by atoms with Crippen molar-refractivity contribution >= 4 is 57.1 Å². The Hall–Kier alpha value is -2.79. The van der Waals surface area contributed by atoms with Crippen molar-refractivity contribution in [3.63, 3.8) is 0 Å². The molecule has 0 atom stereocenters. The first kappa shape index (κ1) is 25.3. The molecular weight excluding hydrogens is 477 g/mol. The Bertz CT molecular complexity index is 1380. The first-order valence-electron chi connectivity index (χ1n) is 12.1. The smallest absolute Gasteiger partial charge is 0.251 e. The third kappa shape index (κ3) is 4.71. The van der Waals surface area contributed by atoms with Crippen molar-refractivity contribution in [1.29, 1.82) is 0 Å². The van der Waals surface area contributed by atoms with Crippen LogP contribution < -0.4 is 16.0 Å². The predicted octanol–water partition coefficient (Wildman–Crippen LogP) is 6.59. The Morgan fingerprint density at radius 2 is 1.63 bits per heavy atom. The molecule has 0 aromatic heterocycles. The molecule has 1 heterocycles. The van der Waals surface area contributed by atoms with Crippen LogP contribution in [-0.4, -0.2) is 32.1 Å². The SMILES string of the molecule is CCCCc1c(C(N)=O)c(N2CCNCC2)c2cc3ccccc3cc2c1-c1ccccc1Cl.Cl. The van der Waals surface area contributed by atoms with Crippen LogP contribution >= 0.6 is 24.0 Å². The Morgan fingerprint density at radius 1 is 1.00 bits per heavy atom. The number of rotatable bonds is 6. The van der Waals surface area contributed by atoms with E-state index in [1.807, 2.05) is 18.2 Å². The molecule has 1 aliphatic heterocycles. The van der Waals surface area contributed by atoms with Gasteiger partial charge in [0, 0.05) is 42.2 Å². The second-order valence-corrected chi connectivity index (χ2v) is 9.41. The summed E-state index contributed by atoms with van der Waals surface area (Å²) in [4.78, 5) is 15.5. The molecule has 0 aliphatic carbocycles. The fourth-order valence-corrected chi connectivity index (χ4v) is 5.50. The van der Waals surface area contributed by atoms with Gasteiger partial charge in [-0.1, -0.05) is 67.4 Å². The highest BCUT2D eigenvalue weighted by Gasteiger charge is 2.28. The van der Waals surface area contributed by atoms with Crippen LogP contribution in [0.1, 0.15) is 35.7 Å². The van der Waals surface area contributed by atoms with Crippen molar-refractivity contribution in [3.8, 4) is 11.1 Å². The van der Waals surface area contributed by atoms with Gasteiger partial charge in [0.25, 0.3) is 5.91 Å². The number of nitrogens with zero attached hydrogens (tertiary/aromatic N) is 1. The van der Waals surface area contributed by atoms with Gasteiger partial charge in [-0.3, -0.25) is 4.79 Å². The van der Waals surface area contributed by atoms with Gasteiger partial charge in [0.15, 0.2) is 0 Å². The van der Waals surface area contributed by atoms with Gasteiger partial charge in [-0.2, -0.15) is 0 Å². The number of anilines is 1.